The first-order valence-corrected chi connectivity index (χ1v) is 7.73. The summed E-state index contributed by atoms with van der Waals surface area (Å²) in [5, 5.41) is 8.06. The quantitative estimate of drug-likeness (QED) is 0.811. The number of aromatic nitrogens is 3. The van der Waals surface area contributed by atoms with Crippen LogP contribution in [0.15, 0.2) is 30.6 Å². The minimum atomic E-state index is -4.28. The Morgan fingerprint density at radius 3 is 2.54 bits per heavy atom. The maximum atomic E-state index is 12.6. The third-order valence-corrected chi connectivity index (χ3v) is 4.20. The van der Waals surface area contributed by atoms with Gasteiger partial charge in [0, 0.05) is 33.2 Å². The van der Waals surface area contributed by atoms with Gasteiger partial charge >= 0.3 is 6.18 Å². The Balaban J connectivity index is 1.53. The van der Waals surface area contributed by atoms with Gasteiger partial charge < -0.3 is 9.30 Å². The van der Waals surface area contributed by atoms with E-state index in [4.69, 9.17) is 4.74 Å². The average molecular weight is 340 g/mol. The second-order valence-electron chi connectivity index (χ2n) is 5.94. The Morgan fingerprint density at radius 2 is 1.92 bits per heavy atom. The van der Waals surface area contributed by atoms with Crippen LogP contribution in [0, 0.1) is 0 Å². The van der Waals surface area contributed by atoms with Crippen molar-refractivity contribution in [3.8, 4) is 0 Å². The number of likely N-dealkylation sites (tertiary alicyclic amines) is 1. The molecule has 0 aliphatic carbocycles. The van der Waals surface area contributed by atoms with E-state index < -0.39 is 11.7 Å². The summed E-state index contributed by atoms with van der Waals surface area (Å²) in [5.74, 6) is 0.899. The molecule has 2 aromatic rings. The lowest BCUT2D eigenvalue weighted by Crippen LogP contribution is -2.47. The van der Waals surface area contributed by atoms with Crippen LogP contribution in [0.1, 0.15) is 23.0 Å². The highest BCUT2D eigenvalue weighted by Crippen LogP contribution is 2.30. The van der Waals surface area contributed by atoms with Gasteiger partial charge in [-0.3, -0.25) is 4.90 Å². The van der Waals surface area contributed by atoms with E-state index in [1.54, 1.807) is 25.6 Å². The Kier molecular flexibility index (Phi) is 4.86. The molecule has 1 aromatic carbocycles. The number of hydrogen-bond acceptors (Lipinski definition) is 4. The monoisotopic (exact) mass is 340 g/mol. The van der Waals surface area contributed by atoms with Crippen molar-refractivity contribution in [1.82, 2.24) is 19.7 Å². The number of alkyl halides is 3. The first-order valence-electron chi connectivity index (χ1n) is 7.73. The Morgan fingerprint density at radius 1 is 1.21 bits per heavy atom. The van der Waals surface area contributed by atoms with Gasteiger partial charge in [-0.15, -0.1) is 10.2 Å². The molecular formula is C16H19F3N4O. The predicted octanol–water partition coefficient (Wildman–Crippen LogP) is 2.54. The summed E-state index contributed by atoms with van der Waals surface area (Å²) in [4.78, 5) is 2.19. The first-order chi connectivity index (χ1) is 11.5. The van der Waals surface area contributed by atoms with Gasteiger partial charge in [0.25, 0.3) is 0 Å². The third kappa shape index (κ3) is 3.76. The summed E-state index contributed by atoms with van der Waals surface area (Å²) in [5.41, 5.74) is 0.268. The molecule has 0 N–H and O–H groups in total. The topological polar surface area (TPSA) is 43.2 Å². The van der Waals surface area contributed by atoms with Crippen molar-refractivity contribution in [3.05, 3.63) is 47.5 Å². The van der Waals surface area contributed by atoms with E-state index in [9.17, 15) is 13.2 Å². The number of rotatable bonds is 6. The normalized spacial score (nSPS) is 16.3. The maximum Gasteiger partial charge on any atom is 0.416 e. The van der Waals surface area contributed by atoms with Crippen LogP contribution in [0.4, 0.5) is 13.2 Å². The first kappa shape index (κ1) is 16.9. The van der Waals surface area contributed by atoms with Gasteiger partial charge in [0.15, 0.2) is 0 Å². The van der Waals surface area contributed by atoms with Gasteiger partial charge in [0.2, 0.25) is 0 Å². The van der Waals surface area contributed by atoms with Crippen molar-refractivity contribution in [2.75, 3.05) is 26.8 Å². The molecule has 0 bridgehead atoms. The lowest BCUT2D eigenvalue weighted by atomic mass is 10.1. The average Bonchev–Trinajstić information content (AvgIpc) is 2.96. The molecule has 1 saturated heterocycles. The molecule has 3 rings (SSSR count). The zero-order valence-corrected chi connectivity index (χ0v) is 13.3. The van der Waals surface area contributed by atoms with E-state index in [0.29, 0.717) is 25.6 Å². The number of hydrogen-bond donors (Lipinski definition) is 0. The van der Waals surface area contributed by atoms with Crippen LogP contribution in [-0.4, -0.2) is 46.5 Å². The van der Waals surface area contributed by atoms with Crippen LogP contribution in [-0.2, 0) is 23.9 Å². The molecule has 1 aliphatic heterocycles. The van der Waals surface area contributed by atoms with E-state index in [1.165, 1.54) is 0 Å². The SMILES string of the molecule is COCCc1nncn1C1CN(Cc2ccc(C(F)(F)F)cc2)C1. The number of nitrogens with zero attached hydrogens (tertiary/aromatic N) is 4. The van der Waals surface area contributed by atoms with E-state index in [2.05, 4.69) is 19.7 Å². The molecule has 0 amide bonds. The molecule has 1 fully saturated rings. The fourth-order valence-corrected chi connectivity index (χ4v) is 2.85. The van der Waals surface area contributed by atoms with Crippen molar-refractivity contribution in [2.45, 2.75) is 25.2 Å². The summed E-state index contributed by atoms with van der Waals surface area (Å²) in [6.45, 7) is 2.91. The van der Waals surface area contributed by atoms with Crippen LogP contribution < -0.4 is 0 Å². The summed E-state index contributed by atoms with van der Waals surface area (Å²) in [6.07, 6.45) is -1.84. The summed E-state index contributed by atoms with van der Waals surface area (Å²) >= 11 is 0. The molecule has 1 aliphatic rings. The van der Waals surface area contributed by atoms with Gasteiger partial charge in [-0.05, 0) is 17.7 Å². The van der Waals surface area contributed by atoms with Crippen LogP contribution in [0.25, 0.3) is 0 Å². The van der Waals surface area contributed by atoms with E-state index in [0.717, 1.165) is 36.6 Å². The van der Waals surface area contributed by atoms with Gasteiger partial charge in [0.1, 0.15) is 12.2 Å². The Bertz CT molecular complexity index is 663. The van der Waals surface area contributed by atoms with Crippen molar-refractivity contribution in [1.29, 1.82) is 0 Å². The maximum absolute atomic E-state index is 12.6. The van der Waals surface area contributed by atoms with Crippen LogP contribution in [0.3, 0.4) is 0 Å². The molecule has 1 aromatic heterocycles. The minimum Gasteiger partial charge on any atom is -0.384 e. The second kappa shape index (κ2) is 6.90. The lowest BCUT2D eigenvalue weighted by Gasteiger charge is -2.40. The van der Waals surface area contributed by atoms with Gasteiger partial charge in [-0.25, -0.2) is 0 Å². The molecular weight excluding hydrogens is 321 g/mol. The molecule has 5 nitrogen and oxygen atoms in total. The van der Waals surface area contributed by atoms with Crippen LogP contribution in [0.5, 0.6) is 0 Å². The van der Waals surface area contributed by atoms with Gasteiger partial charge in [-0.2, -0.15) is 13.2 Å². The number of benzene rings is 1. The highest BCUT2D eigenvalue weighted by atomic mass is 19.4. The van der Waals surface area contributed by atoms with Crippen molar-refractivity contribution >= 4 is 0 Å². The Labute approximate surface area is 138 Å². The number of methoxy groups -OCH3 is 1. The lowest BCUT2D eigenvalue weighted by molar-refractivity contribution is -0.137. The van der Waals surface area contributed by atoms with Crippen molar-refractivity contribution < 1.29 is 17.9 Å². The largest absolute Gasteiger partial charge is 0.416 e. The molecule has 0 atom stereocenters. The molecule has 0 radical (unpaired) electrons. The van der Waals surface area contributed by atoms with Crippen molar-refractivity contribution in [2.24, 2.45) is 0 Å². The highest BCUT2D eigenvalue weighted by Gasteiger charge is 2.31. The second-order valence-corrected chi connectivity index (χ2v) is 5.94. The molecule has 2 heterocycles. The number of halogens is 3. The number of ether oxygens (including phenoxy) is 1. The van der Waals surface area contributed by atoms with E-state index in [-0.39, 0.29) is 0 Å². The minimum absolute atomic E-state index is 0.307. The summed E-state index contributed by atoms with van der Waals surface area (Å²) < 4.78 is 44.8. The molecule has 0 saturated carbocycles. The third-order valence-electron chi connectivity index (χ3n) is 4.20. The highest BCUT2D eigenvalue weighted by molar-refractivity contribution is 5.24. The standard InChI is InChI=1S/C16H19F3N4O/c1-24-7-6-15-21-20-11-23(15)14-9-22(10-14)8-12-2-4-13(5-3-12)16(17,18)19/h2-5,11,14H,6-10H2,1H3. The predicted molar refractivity (Wildman–Crippen MR) is 81.4 cm³/mol. The molecule has 0 spiro atoms. The Hall–Kier alpha value is -1.93. The van der Waals surface area contributed by atoms with Crippen molar-refractivity contribution in [3.63, 3.8) is 0 Å². The zero-order chi connectivity index (χ0) is 17.2. The summed E-state index contributed by atoms with van der Waals surface area (Å²) in [6, 6.07) is 5.66. The van der Waals surface area contributed by atoms with Gasteiger partial charge in [0.05, 0.1) is 18.2 Å². The van der Waals surface area contributed by atoms with Gasteiger partial charge in [-0.1, -0.05) is 12.1 Å². The molecule has 24 heavy (non-hydrogen) atoms. The molecule has 130 valence electrons. The zero-order valence-electron chi connectivity index (χ0n) is 13.3. The molecule has 0 unspecified atom stereocenters. The fourth-order valence-electron chi connectivity index (χ4n) is 2.85. The summed E-state index contributed by atoms with van der Waals surface area (Å²) in [7, 11) is 1.65. The van der Waals surface area contributed by atoms with E-state index >= 15 is 0 Å². The molecule has 8 heteroatoms. The van der Waals surface area contributed by atoms with Crippen LogP contribution >= 0.6 is 0 Å². The van der Waals surface area contributed by atoms with Crippen LogP contribution in [0.2, 0.25) is 0 Å². The fraction of sp³-hybridized carbons (Fsp3) is 0.500. The van der Waals surface area contributed by atoms with E-state index in [1.807, 2.05) is 0 Å². The smallest absolute Gasteiger partial charge is 0.384 e.